The Morgan fingerprint density at radius 3 is 2.62 bits per heavy atom. The van der Waals surface area contributed by atoms with E-state index in [-0.39, 0.29) is 30.5 Å². The Labute approximate surface area is 94.0 Å². The van der Waals surface area contributed by atoms with Gasteiger partial charge >= 0.3 is 0 Å². The SMILES string of the molecule is O=C1CNC(C(=O)N2CCC(O)CC2)CN1. The number of likely N-dealkylation sites (tertiary alicyclic amines) is 1. The molecule has 1 unspecified atom stereocenters. The van der Waals surface area contributed by atoms with E-state index in [0.717, 1.165) is 0 Å². The Morgan fingerprint density at radius 2 is 2.06 bits per heavy atom. The van der Waals surface area contributed by atoms with Crippen molar-refractivity contribution in [3.8, 4) is 0 Å². The number of nitrogens with one attached hydrogen (secondary N) is 2. The molecule has 2 amide bonds. The van der Waals surface area contributed by atoms with Gasteiger partial charge in [-0.25, -0.2) is 0 Å². The molecule has 0 radical (unpaired) electrons. The Balaban J connectivity index is 1.85. The predicted molar refractivity (Wildman–Crippen MR) is 56.6 cm³/mol. The van der Waals surface area contributed by atoms with E-state index in [4.69, 9.17) is 0 Å². The zero-order valence-electron chi connectivity index (χ0n) is 9.11. The molecule has 2 aliphatic heterocycles. The van der Waals surface area contributed by atoms with Crippen LogP contribution >= 0.6 is 0 Å². The predicted octanol–water partition coefficient (Wildman–Crippen LogP) is -1.94. The lowest BCUT2D eigenvalue weighted by molar-refractivity contribution is -0.136. The molecular weight excluding hydrogens is 210 g/mol. The summed E-state index contributed by atoms with van der Waals surface area (Å²) in [5, 5.41) is 14.9. The standard InChI is InChI=1S/C10H17N3O3/c14-7-1-3-13(4-2-7)10(16)8-5-12-9(15)6-11-8/h7-8,11,14H,1-6H2,(H,12,15). The highest BCUT2D eigenvalue weighted by Gasteiger charge is 2.29. The van der Waals surface area contributed by atoms with Crippen LogP contribution in [0.3, 0.4) is 0 Å². The van der Waals surface area contributed by atoms with E-state index in [0.29, 0.717) is 32.5 Å². The summed E-state index contributed by atoms with van der Waals surface area (Å²) in [5.41, 5.74) is 0. The molecule has 1 atom stereocenters. The van der Waals surface area contributed by atoms with Crippen molar-refractivity contribution in [2.24, 2.45) is 0 Å². The van der Waals surface area contributed by atoms with Gasteiger partial charge in [0.1, 0.15) is 6.04 Å². The number of piperazine rings is 1. The molecule has 0 aromatic heterocycles. The second-order valence-corrected chi connectivity index (χ2v) is 4.29. The maximum absolute atomic E-state index is 12.0. The van der Waals surface area contributed by atoms with Crippen molar-refractivity contribution in [1.82, 2.24) is 15.5 Å². The van der Waals surface area contributed by atoms with Crippen molar-refractivity contribution in [2.75, 3.05) is 26.2 Å². The Kier molecular flexibility index (Phi) is 3.40. The number of piperidine rings is 1. The number of rotatable bonds is 1. The topological polar surface area (TPSA) is 81.7 Å². The minimum absolute atomic E-state index is 0.0203. The number of hydrogen-bond acceptors (Lipinski definition) is 4. The number of amides is 2. The van der Waals surface area contributed by atoms with Gasteiger partial charge in [-0.15, -0.1) is 0 Å². The Hall–Kier alpha value is -1.14. The van der Waals surface area contributed by atoms with Crippen LogP contribution in [-0.4, -0.2) is 60.1 Å². The van der Waals surface area contributed by atoms with Gasteiger partial charge in [-0.3, -0.25) is 14.9 Å². The maximum Gasteiger partial charge on any atom is 0.241 e. The van der Waals surface area contributed by atoms with Crippen LogP contribution in [0.1, 0.15) is 12.8 Å². The Morgan fingerprint density at radius 1 is 1.38 bits per heavy atom. The van der Waals surface area contributed by atoms with E-state index >= 15 is 0 Å². The average molecular weight is 227 g/mol. The largest absolute Gasteiger partial charge is 0.393 e. The summed E-state index contributed by atoms with van der Waals surface area (Å²) in [6, 6.07) is -0.312. The highest BCUT2D eigenvalue weighted by atomic mass is 16.3. The molecule has 2 heterocycles. The molecule has 6 heteroatoms. The summed E-state index contributed by atoms with van der Waals surface area (Å²) in [4.78, 5) is 24.7. The zero-order chi connectivity index (χ0) is 11.5. The number of aliphatic hydroxyl groups excluding tert-OH is 1. The van der Waals surface area contributed by atoms with Gasteiger partial charge in [-0.05, 0) is 12.8 Å². The molecule has 2 aliphatic rings. The Bertz CT molecular complexity index is 277. The molecule has 0 aliphatic carbocycles. The molecule has 0 aromatic rings. The normalized spacial score (nSPS) is 27.7. The van der Waals surface area contributed by atoms with Crippen LogP contribution < -0.4 is 10.6 Å². The van der Waals surface area contributed by atoms with Crippen molar-refractivity contribution in [2.45, 2.75) is 25.0 Å². The van der Waals surface area contributed by atoms with Crippen LogP contribution in [0.5, 0.6) is 0 Å². The number of hydrogen-bond donors (Lipinski definition) is 3. The van der Waals surface area contributed by atoms with Gasteiger partial charge in [0.05, 0.1) is 12.6 Å². The highest BCUT2D eigenvalue weighted by molar-refractivity contribution is 5.86. The molecule has 90 valence electrons. The number of carbonyl (C=O) groups is 2. The third-order valence-corrected chi connectivity index (χ3v) is 3.09. The molecule has 0 aromatic carbocycles. The lowest BCUT2D eigenvalue weighted by Gasteiger charge is -2.34. The molecule has 16 heavy (non-hydrogen) atoms. The van der Waals surface area contributed by atoms with E-state index in [1.807, 2.05) is 0 Å². The van der Waals surface area contributed by atoms with Crippen molar-refractivity contribution in [3.63, 3.8) is 0 Å². The molecular formula is C10H17N3O3. The van der Waals surface area contributed by atoms with E-state index in [2.05, 4.69) is 10.6 Å². The summed E-state index contributed by atoms with van der Waals surface area (Å²) < 4.78 is 0. The molecule has 6 nitrogen and oxygen atoms in total. The zero-order valence-corrected chi connectivity index (χ0v) is 9.11. The second-order valence-electron chi connectivity index (χ2n) is 4.29. The first-order valence-corrected chi connectivity index (χ1v) is 5.64. The quantitative estimate of drug-likeness (QED) is 0.487. The molecule has 2 fully saturated rings. The molecule has 0 saturated carbocycles. The van der Waals surface area contributed by atoms with Gasteiger partial charge in [0.15, 0.2) is 0 Å². The number of nitrogens with zero attached hydrogens (tertiary/aromatic N) is 1. The average Bonchev–Trinajstić information content (AvgIpc) is 2.30. The third kappa shape index (κ3) is 2.51. The minimum atomic E-state index is -0.312. The molecule has 2 rings (SSSR count). The van der Waals surface area contributed by atoms with Crippen molar-refractivity contribution in [1.29, 1.82) is 0 Å². The molecule has 3 N–H and O–H groups in total. The smallest absolute Gasteiger partial charge is 0.241 e. The minimum Gasteiger partial charge on any atom is -0.393 e. The van der Waals surface area contributed by atoms with Gasteiger partial charge in [-0.1, -0.05) is 0 Å². The highest BCUT2D eigenvalue weighted by Crippen LogP contribution is 2.11. The van der Waals surface area contributed by atoms with Gasteiger partial charge < -0.3 is 15.3 Å². The lowest BCUT2D eigenvalue weighted by atomic mass is 10.1. The molecule has 0 bridgehead atoms. The van der Waals surface area contributed by atoms with Crippen molar-refractivity contribution < 1.29 is 14.7 Å². The first-order valence-electron chi connectivity index (χ1n) is 5.64. The summed E-state index contributed by atoms with van der Waals surface area (Å²) >= 11 is 0. The van der Waals surface area contributed by atoms with E-state index in [1.54, 1.807) is 4.90 Å². The van der Waals surface area contributed by atoms with Crippen LogP contribution in [0.25, 0.3) is 0 Å². The van der Waals surface area contributed by atoms with Gasteiger partial charge in [0.2, 0.25) is 11.8 Å². The van der Waals surface area contributed by atoms with Crippen LogP contribution in [-0.2, 0) is 9.59 Å². The van der Waals surface area contributed by atoms with Crippen LogP contribution in [0, 0.1) is 0 Å². The van der Waals surface area contributed by atoms with Crippen molar-refractivity contribution >= 4 is 11.8 Å². The maximum atomic E-state index is 12.0. The fourth-order valence-electron chi connectivity index (χ4n) is 2.05. The summed E-state index contributed by atoms with van der Waals surface area (Å²) in [6.45, 7) is 1.77. The third-order valence-electron chi connectivity index (χ3n) is 3.09. The van der Waals surface area contributed by atoms with Crippen LogP contribution in [0.4, 0.5) is 0 Å². The van der Waals surface area contributed by atoms with Crippen LogP contribution in [0.15, 0.2) is 0 Å². The van der Waals surface area contributed by atoms with E-state index < -0.39 is 0 Å². The van der Waals surface area contributed by atoms with Gasteiger partial charge in [0.25, 0.3) is 0 Å². The first kappa shape index (κ1) is 11.3. The monoisotopic (exact) mass is 227 g/mol. The van der Waals surface area contributed by atoms with E-state index in [1.165, 1.54) is 0 Å². The van der Waals surface area contributed by atoms with Crippen LogP contribution in [0.2, 0.25) is 0 Å². The fourth-order valence-corrected chi connectivity index (χ4v) is 2.05. The lowest BCUT2D eigenvalue weighted by Crippen LogP contribution is -2.59. The van der Waals surface area contributed by atoms with E-state index in [9.17, 15) is 14.7 Å². The first-order chi connectivity index (χ1) is 7.66. The second kappa shape index (κ2) is 4.80. The van der Waals surface area contributed by atoms with Crippen molar-refractivity contribution in [3.05, 3.63) is 0 Å². The summed E-state index contributed by atoms with van der Waals surface area (Å²) in [5.74, 6) is -0.0509. The summed E-state index contributed by atoms with van der Waals surface area (Å²) in [7, 11) is 0. The fraction of sp³-hybridized carbons (Fsp3) is 0.800. The molecule has 2 saturated heterocycles. The summed E-state index contributed by atoms with van der Waals surface area (Å²) in [6.07, 6.45) is 1.01. The van der Waals surface area contributed by atoms with Gasteiger partial charge in [-0.2, -0.15) is 0 Å². The van der Waals surface area contributed by atoms with Gasteiger partial charge in [0, 0.05) is 19.6 Å². The molecule has 0 spiro atoms. The number of carbonyl (C=O) groups excluding carboxylic acids is 2. The number of aliphatic hydroxyl groups is 1.